The Morgan fingerprint density at radius 3 is 2.71 bits per heavy atom. The van der Waals surface area contributed by atoms with E-state index < -0.39 is 0 Å². The number of benzene rings is 1. The van der Waals surface area contributed by atoms with Gasteiger partial charge in [0.15, 0.2) is 0 Å². The Morgan fingerprint density at radius 2 is 2.00 bits per heavy atom. The molecule has 0 heterocycles. The summed E-state index contributed by atoms with van der Waals surface area (Å²) >= 11 is 0. The van der Waals surface area contributed by atoms with Crippen LogP contribution in [0.15, 0.2) is 30.4 Å². The minimum atomic E-state index is -0.0392. The van der Waals surface area contributed by atoms with Crippen molar-refractivity contribution in [2.45, 2.75) is 51.9 Å². The molecule has 3 aliphatic carbocycles. The molecule has 0 aliphatic heterocycles. The molecule has 3 aliphatic rings. The predicted molar refractivity (Wildman–Crippen MR) is 85.4 cm³/mol. The van der Waals surface area contributed by atoms with Gasteiger partial charge in [0.05, 0.1) is 0 Å². The van der Waals surface area contributed by atoms with Gasteiger partial charge < -0.3 is 0 Å². The van der Waals surface area contributed by atoms with E-state index in [4.69, 9.17) is 0 Å². The molecular weight excluding hydrogens is 256 g/mol. The topological polar surface area (TPSA) is 17.1 Å². The maximum absolute atomic E-state index is 12.7. The molecule has 0 saturated heterocycles. The monoisotopic (exact) mass is 280 g/mol. The summed E-state index contributed by atoms with van der Waals surface area (Å²) in [7, 11) is 0. The van der Waals surface area contributed by atoms with Crippen LogP contribution in [0.4, 0.5) is 0 Å². The van der Waals surface area contributed by atoms with E-state index in [1.54, 1.807) is 0 Å². The average Bonchev–Trinajstić information content (AvgIpc) is 2.69. The third-order valence-corrected chi connectivity index (χ3v) is 6.87. The number of Topliss-reactive ketones (excluding diaryl/α,β-unsaturated/α-hetero) is 1. The quantitative estimate of drug-likeness (QED) is 0.697. The van der Waals surface area contributed by atoms with E-state index in [0.717, 1.165) is 12.8 Å². The lowest BCUT2D eigenvalue weighted by molar-refractivity contribution is -0.147. The molecule has 1 fully saturated rings. The second kappa shape index (κ2) is 3.88. The van der Waals surface area contributed by atoms with Crippen LogP contribution in [0.1, 0.15) is 56.7 Å². The number of allylic oxidation sites excluding steroid dienone is 2. The molecule has 1 nitrogen and oxygen atoms in total. The Hall–Kier alpha value is -1.37. The number of hydrogen-bond acceptors (Lipinski definition) is 1. The third kappa shape index (κ3) is 1.36. The molecule has 2 bridgehead atoms. The Bertz CT molecular complexity index is 666. The Labute approximate surface area is 127 Å². The Kier molecular flexibility index (Phi) is 2.46. The lowest BCUT2D eigenvalue weighted by Crippen LogP contribution is -2.60. The minimum Gasteiger partial charge on any atom is -0.299 e. The molecule has 1 aromatic rings. The highest BCUT2D eigenvalue weighted by Gasteiger charge is 2.65. The maximum atomic E-state index is 12.7. The Morgan fingerprint density at radius 1 is 1.24 bits per heavy atom. The molecule has 4 rings (SSSR count). The summed E-state index contributed by atoms with van der Waals surface area (Å²) in [5.41, 5.74) is 4.31. The van der Waals surface area contributed by atoms with Crippen LogP contribution in [-0.4, -0.2) is 5.78 Å². The van der Waals surface area contributed by atoms with Gasteiger partial charge in [0.1, 0.15) is 5.78 Å². The van der Waals surface area contributed by atoms with Crippen molar-refractivity contribution in [3.63, 3.8) is 0 Å². The van der Waals surface area contributed by atoms with Crippen molar-refractivity contribution in [1.29, 1.82) is 0 Å². The SMILES string of the molecule is CCc1ccc2c(c1)[C@@H]1[C@H]3C(=O)[C@@H]1CC=CC3(C)C2(C)C. The minimum absolute atomic E-state index is 0.0112. The fourth-order valence-corrected chi connectivity index (χ4v) is 5.15. The number of ketones is 1. The van der Waals surface area contributed by atoms with Crippen LogP contribution >= 0.6 is 0 Å². The van der Waals surface area contributed by atoms with Gasteiger partial charge in [0.2, 0.25) is 0 Å². The molecule has 1 heteroatoms. The predicted octanol–water partition coefficient (Wildman–Crippen LogP) is 4.41. The van der Waals surface area contributed by atoms with Crippen molar-refractivity contribution >= 4 is 5.78 Å². The molecule has 21 heavy (non-hydrogen) atoms. The van der Waals surface area contributed by atoms with Gasteiger partial charge >= 0.3 is 0 Å². The summed E-state index contributed by atoms with van der Waals surface area (Å²) < 4.78 is 0. The molecular formula is C20H24O. The molecule has 0 aromatic heterocycles. The normalized spacial score (nSPS) is 38.5. The van der Waals surface area contributed by atoms with E-state index in [-0.39, 0.29) is 22.7 Å². The summed E-state index contributed by atoms with van der Waals surface area (Å²) in [6.45, 7) is 9.16. The smallest absolute Gasteiger partial charge is 0.141 e. The van der Waals surface area contributed by atoms with E-state index in [2.05, 4.69) is 58.0 Å². The molecule has 4 atom stereocenters. The fraction of sp³-hybridized carbons (Fsp3) is 0.550. The lowest BCUT2D eigenvalue weighted by atomic mass is 9.41. The van der Waals surface area contributed by atoms with Crippen LogP contribution in [0.5, 0.6) is 0 Å². The second-order valence-electron chi connectivity index (χ2n) is 7.83. The van der Waals surface area contributed by atoms with E-state index >= 15 is 0 Å². The van der Waals surface area contributed by atoms with E-state index in [9.17, 15) is 4.79 Å². The van der Waals surface area contributed by atoms with Crippen LogP contribution in [0.25, 0.3) is 0 Å². The van der Waals surface area contributed by atoms with E-state index in [1.165, 1.54) is 16.7 Å². The first-order valence-electron chi connectivity index (χ1n) is 8.26. The lowest BCUT2D eigenvalue weighted by Gasteiger charge is -2.60. The van der Waals surface area contributed by atoms with Crippen molar-refractivity contribution in [3.8, 4) is 0 Å². The number of rotatable bonds is 1. The molecule has 1 aromatic carbocycles. The van der Waals surface area contributed by atoms with Gasteiger partial charge in [-0.25, -0.2) is 0 Å². The first-order chi connectivity index (χ1) is 9.91. The molecule has 0 spiro atoms. The zero-order valence-corrected chi connectivity index (χ0v) is 13.4. The molecule has 110 valence electrons. The van der Waals surface area contributed by atoms with E-state index in [1.807, 2.05) is 0 Å². The average molecular weight is 280 g/mol. The van der Waals surface area contributed by atoms with Gasteiger partial charge in [-0.2, -0.15) is 0 Å². The van der Waals surface area contributed by atoms with Crippen LogP contribution in [0.2, 0.25) is 0 Å². The standard InChI is InChI=1S/C20H24O/c1-5-12-8-9-15-14(11-12)16-13-7-6-10-20(4,19(15,2)3)17(16)18(13)21/h6,8-11,13,16-17H,5,7H2,1-4H3/t13-,16-,17+,20?/m1/s1. The number of carbonyl (C=O) groups excluding carboxylic acids is 1. The van der Waals surface area contributed by atoms with Crippen molar-refractivity contribution in [2.75, 3.05) is 0 Å². The number of fused-ring (bicyclic) bond motifs is 4. The maximum Gasteiger partial charge on any atom is 0.141 e. The first-order valence-corrected chi connectivity index (χ1v) is 8.26. The number of hydrogen-bond donors (Lipinski definition) is 0. The van der Waals surface area contributed by atoms with Gasteiger partial charge in [-0.05, 0) is 34.9 Å². The van der Waals surface area contributed by atoms with Gasteiger partial charge in [-0.3, -0.25) is 4.79 Å². The molecule has 1 unspecified atom stereocenters. The molecule has 0 N–H and O–H groups in total. The Balaban J connectivity index is 2.01. The second-order valence-corrected chi connectivity index (χ2v) is 7.83. The number of aryl methyl sites for hydroxylation is 1. The van der Waals surface area contributed by atoms with Gasteiger partial charge in [0, 0.05) is 23.2 Å². The van der Waals surface area contributed by atoms with Crippen LogP contribution < -0.4 is 0 Å². The summed E-state index contributed by atoms with van der Waals surface area (Å²) in [6, 6.07) is 7.00. The van der Waals surface area contributed by atoms with Gasteiger partial charge in [-0.1, -0.05) is 58.0 Å². The van der Waals surface area contributed by atoms with Crippen molar-refractivity contribution in [3.05, 3.63) is 47.0 Å². The van der Waals surface area contributed by atoms with Crippen LogP contribution in [0, 0.1) is 17.3 Å². The summed E-state index contributed by atoms with van der Waals surface area (Å²) in [4.78, 5) is 12.7. The largest absolute Gasteiger partial charge is 0.299 e. The van der Waals surface area contributed by atoms with Crippen molar-refractivity contribution in [1.82, 2.24) is 0 Å². The molecule has 0 amide bonds. The molecule has 0 radical (unpaired) electrons. The van der Waals surface area contributed by atoms with Crippen molar-refractivity contribution in [2.24, 2.45) is 17.3 Å². The zero-order chi connectivity index (χ0) is 15.0. The van der Waals surface area contributed by atoms with Crippen LogP contribution in [-0.2, 0) is 16.6 Å². The highest BCUT2D eigenvalue weighted by atomic mass is 16.1. The number of carbonyl (C=O) groups is 1. The molecule has 1 saturated carbocycles. The summed E-state index contributed by atoms with van der Waals surface area (Å²) in [6.07, 6.45) is 6.63. The first kappa shape index (κ1) is 13.3. The highest BCUT2D eigenvalue weighted by molar-refractivity contribution is 5.95. The van der Waals surface area contributed by atoms with Crippen LogP contribution in [0.3, 0.4) is 0 Å². The summed E-state index contributed by atoms with van der Waals surface area (Å²) in [5, 5.41) is 0. The highest BCUT2D eigenvalue weighted by Crippen LogP contribution is 2.67. The van der Waals surface area contributed by atoms with Gasteiger partial charge in [-0.15, -0.1) is 0 Å². The zero-order valence-electron chi connectivity index (χ0n) is 13.4. The fourth-order valence-electron chi connectivity index (χ4n) is 5.15. The van der Waals surface area contributed by atoms with Crippen molar-refractivity contribution < 1.29 is 4.79 Å². The third-order valence-electron chi connectivity index (χ3n) is 6.87. The van der Waals surface area contributed by atoms with E-state index in [0.29, 0.717) is 11.7 Å². The van der Waals surface area contributed by atoms with Gasteiger partial charge in [0.25, 0.3) is 0 Å². The summed E-state index contributed by atoms with van der Waals surface area (Å²) in [5.74, 6) is 1.38.